The highest BCUT2D eigenvalue weighted by molar-refractivity contribution is 9.10. The van der Waals surface area contributed by atoms with Gasteiger partial charge in [0.05, 0.1) is 5.56 Å². The van der Waals surface area contributed by atoms with Gasteiger partial charge in [-0.2, -0.15) is 4.98 Å². The van der Waals surface area contributed by atoms with E-state index in [0.29, 0.717) is 11.7 Å². The lowest BCUT2D eigenvalue weighted by atomic mass is 10.3. The summed E-state index contributed by atoms with van der Waals surface area (Å²) < 4.78 is 6.84. The van der Waals surface area contributed by atoms with Crippen molar-refractivity contribution in [2.24, 2.45) is 0 Å². The molecule has 0 aliphatic rings. The zero-order valence-electron chi connectivity index (χ0n) is 11.2. The number of aromatic nitrogens is 2. The van der Waals surface area contributed by atoms with E-state index in [0.717, 1.165) is 28.1 Å². The Hall–Kier alpha value is -1.62. The molecule has 100 valence electrons. The van der Waals surface area contributed by atoms with Gasteiger partial charge in [0.25, 0.3) is 0 Å². The summed E-state index contributed by atoms with van der Waals surface area (Å²) in [6.07, 6.45) is 0. The molecule has 0 unspecified atom stereocenters. The highest BCUT2D eigenvalue weighted by Crippen LogP contribution is 2.27. The molecule has 19 heavy (non-hydrogen) atoms. The summed E-state index contributed by atoms with van der Waals surface area (Å²) in [5.41, 5.74) is 0.912. The number of rotatable bonds is 4. The molecule has 2 rings (SSSR count). The summed E-state index contributed by atoms with van der Waals surface area (Å²) in [6, 6.07) is 7.66. The SMILES string of the molecule is CCNc1nc(C)nc(Oc2ccc(Br)cc2)c1C. The third kappa shape index (κ3) is 3.44. The number of nitrogens with zero attached hydrogens (tertiary/aromatic N) is 2. The molecule has 4 nitrogen and oxygen atoms in total. The van der Waals surface area contributed by atoms with Crippen LogP contribution in [0.2, 0.25) is 0 Å². The van der Waals surface area contributed by atoms with Crippen LogP contribution in [-0.2, 0) is 0 Å². The third-order valence-corrected chi connectivity index (χ3v) is 3.11. The first kappa shape index (κ1) is 13.8. The zero-order chi connectivity index (χ0) is 13.8. The van der Waals surface area contributed by atoms with Gasteiger partial charge in [-0.25, -0.2) is 4.98 Å². The number of anilines is 1. The van der Waals surface area contributed by atoms with Crippen molar-refractivity contribution in [3.05, 3.63) is 40.1 Å². The Balaban J connectivity index is 2.31. The van der Waals surface area contributed by atoms with Crippen LogP contribution in [0.4, 0.5) is 5.82 Å². The number of hydrogen-bond acceptors (Lipinski definition) is 4. The molecule has 0 spiro atoms. The molecule has 0 radical (unpaired) electrons. The Morgan fingerprint density at radius 3 is 2.47 bits per heavy atom. The van der Waals surface area contributed by atoms with Crippen LogP contribution in [0, 0.1) is 13.8 Å². The topological polar surface area (TPSA) is 47.0 Å². The first-order valence-electron chi connectivity index (χ1n) is 6.12. The molecular formula is C14H16BrN3O. The Bertz CT molecular complexity index is 570. The number of halogens is 1. The summed E-state index contributed by atoms with van der Waals surface area (Å²) >= 11 is 3.40. The molecule has 1 N–H and O–H groups in total. The average Bonchev–Trinajstić information content (AvgIpc) is 2.38. The Labute approximate surface area is 121 Å². The number of ether oxygens (including phenoxy) is 1. The largest absolute Gasteiger partial charge is 0.439 e. The molecule has 0 fully saturated rings. The van der Waals surface area contributed by atoms with E-state index in [-0.39, 0.29) is 0 Å². The summed E-state index contributed by atoms with van der Waals surface area (Å²) in [6.45, 7) is 6.65. The molecule has 0 atom stereocenters. The van der Waals surface area contributed by atoms with Gasteiger partial charge < -0.3 is 10.1 Å². The number of nitrogens with one attached hydrogen (secondary N) is 1. The lowest BCUT2D eigenvalue weighted by molar-refractivity contribution is 0.456. The molecule has 2 aromatic rings. The Morgan fingerprint density at radius 2 is 1.84 bits per heavy atom. The van der Waals surface area contributed by atoms with Crippen molar-refractivity contribution >= 4 is 21.7 Å². The highest BCUT2D eigenvalue weighted by Gasteiger charge is 2.10. The van der Waals surface area contributed by atoms with Gasteiger partial charge in [-0.1, -0.05) is 15.9 Å². The molecule has 0 amide bonds. The number of hydrogen-bond donors (Lipinski definition) is 1. The lowest BCUT2D eigenvalue weighted by Gasteiger charge is -2.12. The predicted octanol–water partition coefficient (Wildman–Crippen LogP) is 4.08. The second kappa shape index (κ2) is 6.02. The van der Waals surface area contributed by atoms with Crippen molar-refractivity contribution in [1.82, 2.24) is 9.97 Å². The normalized spacial score (nSPS) is 10.3. The van der Waals surface area contributed by atoms with Crippen LogP contribution >= 0.6 is 15.9 Å². The molecule has 1 heterocycles. The minimum absolute atomic E-state index is 0.589. The van der Waals surface area contributed by atoms with Crippen LogP contribution in [0.5, 0.6) is 11.6 Å². The van der Waals surface area contributed by atoms with E-state index in [4.69, 9.17) is 4.74 Å². The van der Waals surface area contributed by atoms with E-state index < -0.39 is 0 Å². The van der Waals surface area contributed by atoms with Crippen molar-refractivity contribution in [2.45, 2.75) is 20.8 Å². The molecule has 0 saturated carbocycles. The van der Waals surface area contributed by atoms with Gasteiger partial charge in [-0.3, -0.25) is 0 Å². The van der Waals surface area contributed by atoms with Crippen LogP contribution in [-0.4, -0.2) is 16.5 Å². The summed E-state index contributed by atoms with van der Waals surface area (Å²) in [5.74, 6) is 2.85. The van der Waals surface area contributed by atoms with Crippen LogP contribution in [0.1, 0.15) is 18.3 Å². The van der Waals surface area contributed by atoms with Gasteiger partial charge in [-0.15, -0.1) is 0 Å². The van der Waals surface area contributed by atoms with Crippen LogP contribution < -0.4 is 10.1 Å². The summed E-state index contributed by atoms with van der Waals surface area (Å²) in [5, 5.41) is 3.21. The van der Waals surface area contributed by atoms with Gasteiger partial charge in [0, 0.05) is 11.0 Å². The van der Waals surface area contributed by atoms with Gasteiger partial charge in [0.15, 0.2) is 0 Å². The Kier molecular flexibility index (Phi) is 4.37. The minimum Gasteiger partial charge on any atom is -0.439 e. The van der Waals surface area contributed by atoms with Crippen LogP contribution in [0.25, 0.3) is 0 Å². The fourth-order valence-electron chi connectivity index (χ4n) is 1.66. The second-order valence-electron chi connectivity index (χ2n) is 4.14. The molecule has 0 saturated heterocycles. The van der Waals surface area contributed by atoms with Crippen molar-refractivity contribution < 1.29 is 4.74 Å². The molecule has 1 aromatic heterocycles. The van der Waals surface area contributed by atoms with Crippen molar-refractivity contribution in [3.8, 4) is 11.6 Å². The van der Waals surface area contributed by atoms with Crippen molar-refractivity contribution in [3.63, 3.8) is 0 Å². The lowest BCUT2D eigenvalue weighted by Crippen LogP contribution is -2.06. The standard InChI is InChI=1S/C14H16BrN3O/c1-4-16-13-9(2)14(18-10(3)17-13)19-12-7-5-11(15)6-8-12/h5-8H,4H2,1-3H3,(H,16,17,18). The van der Waals surface area contributed by atoms with E-state index in [1.54, 1.807) is 0 Å². The Morgan fingerprint density at radius 1 is 1.16 bits per heavy atom. The summed E-state index contributed by atoms with van der Waals surface area (Å²) in [7, 11) is 0. The predicted molar refractivity (Wildman–Crippen MR) is 79.9 cm³/mol. The van der Waals surface area contributed by atoms with Crippen molar-refractivity contribution in [1.29, 1.82) is 0 Å². The molecular weight excluding hydrogens is 306 g/mol. The van der Waals surface area contributed by atoms with Gasteiger partial charge >= 0.3 is 0 Å². The molecule has 0 bridgehead atoms. The quantitative estimate of drug-likeness (QED) is 0.921. The van der Waals surface area contributed by atoms with Crippen LogP contribution in [0.3, 0.4) is 0 Å². The van der Waals surface area contributed by atoms with Crippen molar-refractivity contribution in [2.75, 3.05) is 11.9 Å². The van der Waals surface area contributed by atoms with E-state index in [2.05, 4.69) is 31.2 Å². The highest BCUT2D eigenvalue weighted by atomic mass is 79.9. The first-order valence-corrected chi connectivity index (χ1v) is 6.92. The van der Waals surface area contributed by atoms with E-state index in [9.17, 15) is 0 Å². The van der Waals surface area contributed by atoms with E-state index in [1.807, 2.05) is 45.0 Å². The fraction of sp³-hybridized carbons (Fsp3) is 0.286. The molecule has 0 aliphatic carbocycles. The summed E-state index contributed by atoms with van der Waals surface area (Å²) in [4.78, 5) is 8.72. The second-order valence-corrected chi connectivity index (χ2v) is 5.05. The fourth-order valence-corrected chi connectivity index (χ4v) is 1.92. The molecule has 1 aromatic carbocycles. The monoisotopic (exact) mass is 321 g/mol. The number of benzene rings is 1. The zero-order valence-corrected chi connectivity index (χ0v) is 12.8. The van der Waals surface area contributed by atoms with E-state index in [1.165, 1.54) is 0 Å². The maximum atomic E-state index is 5.82. The van der Waals surface area contributed by atoms with Gasteiger partial charge in [0.1, 0.15) is 17.4 Å². The third-order valence-electron chi connectivity index (χ3n) is 2.59. The number of aryl methyl sites for hydroxylation is 1. The molecule has 0 aliphatic heterocycles. The van der Waals surface area contributed by atoms with Crippen LogP contribution in [0.15, 0.2) is 28.7 Å². The molecule has 5 heteroatoms. The maximum Gasteiger partial charge on any atom is 0.227 e. The minimum atomic E-state index is 0.589. The van der Waals surface area contributed by atoms with E-state index >= 15 is 0 Å². The average molecular weight is 322 g/mol. The van der Waals surface area contributed by atoms with Gasteiger partial charge in [0.2, 0.25) is 5.88 Å². The first-order chi connectivity index (χ1) is 9.10. The smallest absolute Gasteiger partial charge is 0.227 e. The van der Waals surface area contributed by atoms with Gasteiger partial charge in [-0.05, 0) is 45.0 Å². The maximum absolute atomic E-state index is 5.82.